The van der Waals surface area contributed by atoms with Gasteiger partial charge in [-0.3, -0.25) is 5.32 Å². The van der Waals surface area contributed by atoms with Crippen LogP contribution in [0.3, 0.4) is 0 Å². The number of anilines is 1. The zero-order chi connectivity index (χ0) is 14.8. The maximum absolute atomic E-state index is 11.1. The van der Waals surface area contributed by atoms with Crippen LogP contribution in [0.2, 0.25) is 0 Å². The molecule has 6 heteroatoms. The predicted molar refractivity (Wildman–Crippen MR) is 81.0 cm³/mol. The van der Waals surface area contributed by atoms with Crippen LogP contribution < -0.4 is 16.0 Å². The minimum atomic E-state index is -0.475. The van der Waals surface area contributed by atoms with Crippen LogP contribution in [-0.4, -0.2) is 32.3 Å². The van der Waals surface area contributed by atoms with Gasteiger partial charge in [-0.2, -0.15) is 0 Å². The van der Waals surface area contributed by atoms with E-state index in [0.717, 1.165) is 24.6 Å². The number of amides is 1. The molecule has 0 aliphatic carbocycles. The molecule has 0 atom stereocenters. The highest BCUT2D eigenvalue weighted by molar-refractivity contribution is 5.84. The average Bonchev–Trinajstić information content (AvgIpc) is 2.46. The molecule has 1 aromatic rings. The van der Waals surface area contributed by atoms with Gasteiger partial charge in [0.1, 0.15) is 0 Å². The van der Waals surface area contributed by atoms with Crippen LogP contribution >= 0.6 is 0 Å². The first kappa shape index (κ1) is 15.8. The second kappa shape index (κ2) is 8.79. The summed E-state index contributed by atoms with van der Waals surface area (Å²) in [6.45, 7) is 6.29. The zero-order valence-corrected chi connectivity index (χ0v) is 12.2. The summed E-state index contributed by atoms with van der Waals surface area (Å²) in [5, 5.41) is 8.93. The van der Waals surface area contributed by atoms with E-state index in [0.29, 0.717) is 12.2 Å². The molecule has 1 amide bonds. The molecule has 0 aliphatic heterocycles. The molecular weight excluding hydrogens is 256 g/mol. The minimum Gasteiger partial charge on any atom is -0.453 e. The van der Waals surface area contributed by atoms with Crippen molar-refractivity contribution >= 4 is 17.7 Å². The summed E-state index contributed by atoms with van der Waals surface area (Å²) in [4.78, 5) is 15.5. The number of nitrogens with one attached hydrogen (secondary N) is 3. The van der Waals surface area contributed by atoms with Gasteiger partial charge in [-0.25, -0.2) is 9.79 Å². The molecule has 0 aromatic heterocycles. The van der Waals surface area contributed by atoms with Crippen molar-refractivity contribution in [3.63, 3.8) is 0 Å². The number of ether oxygens (including phenoxy) is 1. The molecule has 3 N–H and O–H groups in total. The second-order valence-electron chi connectivity index (χ2n) is 4.04. The highest BCUT2D eigenvalue weighted by atomic mass is 16.5. The number of benzene rings is 1. The van der Waals surface area contributed by atoms with Crippen LogP contribution in [0.1, 0.15) is 19.4 Å². The Morgan fingerprint density at radius 1 is 1.15 bits per heavy atom. The van der Waals surface area contributed by atoms with Gasteiger partial charge < -0.3 is 15.4 Å². The van der Waals surface area contributed by atoms with Gasteiger partial charge in [0.25, 0.3) is 0 Å². The summed E-state index contributed by atoms with van der Waals surface area (Å²) in [6.07, 6.45) is -0.475. The zero-order valence-electron chi connectivity index (χ0n) is 12.2. The summed E-state index contributed by atoms with van der Waals surface area (Å²) >= 11 is 0. The normalized spacial score (nSPS) is 9.55. The largest absolute Gasteiger partial charge is 0.453 e. The fraction of sp³-hybridized carbons (Fsp3) is 0.429. The third-order valence-electron chi connectivity index (χ3n) is 2.49. The lowest BCUT2D eigenvalue weighted by molar-refractivity contribution is 0.187. The molecule has 1 aromatic carbocycles. The highest BCUT2D eigenvalue weighted by Crippen LogP contribution is 2.10. The van der Waals surface area contributed by atoms with Gasteiger partial charge in [-0.15, -0.1) is 0 Å². The van der Waals surface area contributed by atoms with Crippen molar-refractivity contribution in [3.05, 3.63) is 29.8 Å². The Labute approximate surface area is 119 Å². The van der Waals surface area contributed by atoms with Crippen molar-refractivity contribution in [3.8, 4) is 0 Å². The van der Waals surface area contributed by atoms with E-state index in [1.165, 1.54) is 7.11 Å². The van der Waals surface area contributed by atoms with Crippen LogP contribution in [0.15, 0.2) is 29.3 Å². The smallest absolute Gasteiger partial charge is 0.411 e. The van der Waals surface area contributed by atoms with Crippen LogP contribution in [-0.2, 0) is 11.3 Å². The Morgan fingerprint density at radius 3 is 2.25 bits per heavy atom. The molecular formula is C14H22N4O2. The van der Waals surface area contributed by atoms with Crippen molar-refractivity contribution in [1.82, 2.24) is 10.6 Å². The van der Waals surface area contributed by atoms with E-state index in [1.54, 1.807) is 0 Å². The Bertz CT molecular complexity index is 435. The maximum atomic E-state index is 11.1. The Balaban J connectivity index is 2.59. The molecule has 0 aliphatic rings. The number of aliphatic imine (C=N–C) groups is 1. The first-order valence-electron chi connectivity index (χ1n) is 6.65. The Kier molecular flexibility index (Phi) is 6.95. The molecule has 110 valence electrons. The van der Waals surface area contributed by atoms with Crippen molar-refractivity contribution in [2.24, 2.45) is 4.99 Å². The SMILES string of the molecule is CCNC(=NCc1ccc(NC(=O)OC)cc1)NCC. The first-order chi connectivity index (χ1) is 9.69. The number of rotatable bonds is 5. The molecule has 0 spiro atoms. The molecule has 20 heavy (non-hydrogen) atoms. The minimum absolute atomic E-state index is 0.475. The van der Waals surface area contributed by atoms with Gasteiger partial charge >= 0.3 is 6.09 Å². The molecule has 0 saturated carbocycles. The molecule has 0 heterocycles. The van der Waals surface area contributed by atoms with Crippen molar-refractivity contribution in [2.75, 3.05) is 25.5 Å². The lowest BCUT2D eigenvalue weighted by Gasteiger charge is -2.09. The summed E-state index contributed by atoms with van der Waals surface area (Å²) in [7, 11) is 1.33. The van der Waals surface area contributed by atoms with E-state index in [4.69, 9.17) is 0 Å². The van der Waals surface area contributed by atoms with E-state index in [9.17, 15) is 4.79 Å². The summed E-state index contributed by atoms with van der Waals surface area (Å²) in [5.41, 5.74) is 1.76. The molecule has 6 nitrogen and oxygen atoms in total. The van der Waals surface area contributed by atoms with Crippen molar-refractivity contribution in [1.29, 1.82) is 0 Å². The van der Waals surface area contributed by atoms with Crippen LogP contribution in [0, 0.1) is 0 Å². The molecule has 0 bridgehead atoms. The second-order valence-corrected chi connectivity index (χ2v) is 4.04. The van der Waals surface area contributed by atoms with Crippen LogP contribution in [0.25, 0.3) is 0 Å². The van der Waals surface area contributed by atoms with Gasteiger partial charge in [-0.05, 0) is 31.5 Å². The first-order valence-corrected chi connectivity index (χ1v) is 6.65. The number of carbonyl (C=O) groups is 1. The van der Waals surface area contributed by atoms with E-state index in [2.05, 4.69) is 25.7 Å². The lowest BCUT2D eigenvalue weighted by Crippen LogP contribution is -2.36. The third-order valence-corrected chi connectivity index (χ3v) is 2.49. The Hall–Kier alpha value is -2.24. The number of hydrogen-bond donors (Lipinski definition) is 3. The quantitative estimate of drug-likeness (QED) is 0.568. The van der Waals surface area contributed by atoms with Gasteiger partial charge in [0.05, 0.1) is 13.7 Å². The number of methoxy groups -OCH3 is 1. The fourth-order valence-corrected chi connectivity index (χ4v) is 1.54. The maximum Gasteiger partial charge on any atom is 0.411 e. The third kappa shape index (κ3) is 5.60. The molecule has 0 unspecified atom stereocenters. The number of guanidine groups is 1. The summed E-state index contributed by atoms with van der Waals surface area (Å²) < 4.78 is 4.53. The number of carbonyl (C=O) groups excluding carboxylic acids is 1. The van der Waals surface area contributed by atoms with Gasteiger partial charge in [0.15, 0.2) is 5.96 Å². The molecule has 0 saturated heterocycles. The van der Waals surface area contributed by atoms with E-state index >= 15 is 0 Å². The van der Waals surface area contributed by atoms with Gasteiger partial charge in [0.2, 0.25) is 0 Å². The molecule has 1 rings (SSSR count). The van der Waals surface area contributed by atoms with Crippen LogP contribution in [0.4, 0.5) is 10.5 Å². The lowest BCUT2D eigenvalue weighted by atomic mass is 10.2. The van der Waals surface area contributed by atoms with Crippen molar-refractivity contribution < 1.29 is 9.53 Å². The summed E-state index contributed by atoms with van der Waals surface area (Å²) in [6, 6.07) is 7.48. The van der Waals surface area contributed by atoms with Crippen LogP contribution in [0.5, 0.6) is 0 Å². The summed E-state index contributed by atoms with van der Waals surface area (Å²) in [5.74, 6) is 0.798. The fourth-order valence-electron chi connectivity index (χ4n) is 1.54. The van der Waals surface area contributed by atoms with Gasteiger partial charge in [0, 0.05) is 18.8 Å². The Morgan fingerprint density at radius 2 is 1.75 bits per heavy atom. The van der Waals surface area contributed by atoms with E-state index in [-0.39, 0.29) is 0 Å². The monoisotopic (exact) mass is 278 g/mol. The van der Waals surface area contributed by atoms with E-state index in [1.807, 2.05) is 38.1 Å². The number of hydrogen-bond acceptors (Lipinski definition) is 3. The van der Waals surface area contributed by atoms with Gasteiger partial charge in [-0.1, -0.05) is 12.1 Å². The van der Waals surface area contributed by atoms with E-state index < -0.39 is 6.09 Å². The topological polar surface area (TPSA) is 74.8 Å². The number of nitrogens with zero attached hydrogens (tertiary/aromatic N) is 1. The predicted octanol–water partition coefficient (Wildman–Crippen LogP) is 1.94. The standard InChI is InChI=1S/C14H22N4O2/c1-4-15-13(16-5-2)17-10-11-6-8-12(9-7-11)18-14(19)20-3/h6-9H,4-5,10H2,1-3H3,(H,18,19)(H2,15,16,17). The molecule has 0 fully saturated rings. The molecule has 0 radical (unpaired) electrons. The highest BCUT2D eigenvalue weighted by Gasteiger charge is 2.00. The average molecular weight is 278 g/mol. The van der Waals surface area contributed by atoms with Crippen molar-refractivity contribution in [2.45, 2.75) is 20.4 Å².